The molecule has 0 aliphatic heterocycles. The maximum absolute atomic E-state index is 10.6. The molecule has 4 N–H and O–H groups in total. The standard InChI is InChI=1S/C13H8ClN3.C8H6O2.C5H6ClN3/c14-13-12-10(6-7-15-13)17-11(8-16-12)9-4-2-1-3-5-9;9-6-8(10)7-4-2-1-3-5-7;6-5-4(8)3(7)1-2-9-5/h1-8H;1-6H;1-2H,8H2,(H2,7,9). The van der Waals surface area contributed by atoms with Crippen LogP contribution in [0, 0.1) is 0 Å². The molecule has 2 aromatic carbocycles. The van der Waals surface area contributed by atoms with E-state index in [1.54, 1.807) is 54.9 Å². The van der Waals surface area contributed by atoms with Gasteiger partial charge in [-0.2, -0.15) is 0 Å². The maximum Gasteiger partial charge on any atom is 0.225 e. The average molecular weight is 519 g/mol. The molecule has 0 saturated carbocycles. The van der Waals surface area contributed by atoms with E-state index in [1.165, 1.54) is 6.20 Å². The first-order valence-corrected chi connectivity index (χ1v) is 11.2. The molecule has 5 aromatic rings. The fourth-order valence-electron chi connectivity index (χ4n) is 2.79. The minimum Gasteiger partial charge on any atom is -0.397 e. The Balaban J connectivity index is 0.000000163. The molecule has 0 amide bonds. The molecule has 180 valence electrons. The van der Waals surface area contributed by atoms with Crippen LogP contribution in [0.25, 0.3) is 22.3 Å². The Bertz CT molecular complexity index is 1450. The van der Waals surface area contributed by atoms with Crippen molar-refractivity contribution in [3.05, 3.63) is 107 Å². The Kier molecular flexibility index (Phi) is 9.39. The van der Waals surface area contributed by atoms with Gasteiger partial charge in [0.15, 0.2) is 16.6 Å². The number of halogens is 2. The first-order chi connectivity index (χ1) is 17.4. The number of fused-ring (bicyclic) bond motifs is 1. The number of pyridine rings is 2. The zero-order chi connectivity index (χ0) is 25.9. The number of nitrogens with zero attached hydrogens (tertiary/aromatic N) is 4. The van der Waals surface area contributed by atoms with E-state index >= 15 is 0 Å². The number of Topliss-reactive ketones (excluding diaryl/α,β-unsaturated/α-hetero) is 1. The van der Waals surface area contributed by atoms with Crippen molar-refractivity contribution in [2.45, 2.75) is 0 Å². The summed E-state index contributed by atoms with van der Waals surface area (Å²) in [6.07, 6.45) is 5.17. The third-order valence-electron chi connectivity index (χ3n) is 4.63. The molecule has 0 bridgehead atoms. The highest BCUT2D eigenvalue weighted by Crippen LogP contribution is 2.22. The van der Waals surface area contributed by atoms with Crippen LogP contribution in [0.1, 0.15) is 10.4 Å². The molecular weight excluding hydrogens is 499 g/mol. The van der Waals surface area contributed by atoms with Gasteiger partial charge in [0.1, 0.15) is 5.52 Å². The Labute approximate surface area is 217 Å². The summed E-state index contributed by atoms with van der Waals surface area (Å²) in [7, 11) is 0. The predicted molar refractivity (Wildman–Crippen MR) is 143 cm³/mol. The highest BCUT2D eigenvalue weighted by atomic mass is 35.5. The quantitative estimate of drug-likeness (QED) is 0.142. The van der Waals surface area contributed by atoms with Crippen molar-refractivity contribution in [3.63, 3.8) is 0 Å². The number of carbonyl (C=O) groups excluding carboxylic acids is 2. The summed E-state index contributed by atoms with van der Waals surface area (Å²) in [6, 6.07) is 21.8. The van der Waals surface area contributed by atoms with Crippen LogP contribution >= 0.6 is 23.2 Å². The molecule has 5 rings (SSSR count). The van der Waals surface area contributed by atoms with Crippen LogP contribution in [0.4, 0.5) is 11.4 Å². The normalized spacial score (nSPS) is 9.83. The zero-order valence-corrected chi connectivity index (χ0v) is 20.3. The molecule has 3 aromatic heterocycles. The largest absolute Gasteiger partial charge is 0.397 e. The second-order valence-electron chi connectivity index (χ2n) is 7.04. The number of aromatic nitrogens is 4. The summed E-state index contributed by atoms with van der Waals surface area (Å²) in [5.74, 6) is -0.472. The smallest absolute Gasteiger partial charge is 0.225 e. The van der Waals surface area contributed by atoms with E-state index in [2.05, 4.69) is 19.9 Å². The number of rotatable bonds is 3. The number of anilines is 2. The van der Waals surface area contributed by atoms with E-state index in [-0.39, 0.29) is 5.15 Å². The third kappa shape index (κ3) is 7.05. The van der Waals surface area contributed by atoms with Gasteiger partial charge in [0.2, 0.25) is 5.78 Å². The molecule has 0 radical (unpaired) electrons. The third-order valence-corrected chi connectivity index (χ3v) is 5.20. The summed E-state index contributed by atoms with van der Waals surface area (Å²) in [6.45, 7) is 0. The van der Waals surface area contributed by atoms with Gasteiger partial charge in [0, 0.05) is 23.5 Å². The van der Waals surface area contributed by atoms with Crippen LogP contribution in [0.15, 0.2) is 91.4 Å². The van der Waals surface area contributed by atoms with Crippen LogP contribution in [-0.4, -0.2) is 32.0 Å². The number of benzene rings is 2. The fraction of sp³-hybridized carbons (Fsp3) is 0. The number of carbonyl (C=O) groups is 2. The molecule has 0 saturated heterocycles. The second-order valence-corrected chi connectivity index (χ2v) is 7.76. The lowest BCUT2D eigenvalue weighted by atomic mass is 10.1. The molecular formula is C26H20Cl2N6O2. The molecule has 0 spiro atoms. The highest BCUT2D eigenvalue weighted by Gasteiger charge is 2.05. The monoisotopic (exact) mass is 518 g/mol. The Morgan fingerprint density at radius 3 is 2.00 bits per heavy atom. The van der Waals surface area contributed by atoms with E-state index < -0.39 is 5.78 Å². The molecule has 0 aliphatic carbocycles. The second kappa shape index (κ2) is 12.9. The van der Waals surface area contributed by atoms with E-state index in [0.717, 1.165) is 16.8 Å². The highest BCUT2D eigenvalue weighted by molar-refractivity contribution is 6.34. The lowest BCUT2D eigenvalue weighted by Gasteiger charge is -2.02. The first-order valence-electron chi connectivity index (χ1n) is 10.4. The van der Waals surface area contributed by atoms with Crippen LogP contribution in [0.2, 0.25) is 10.3 Å². The zero-order valence-electron chi connectivity index (χ0n) is 18.8. The van der Waals surface area contributed by atoms with Crippen molar-refractivity contribution in [3.8, 4) is 11.3 Å². The van der Waals surface area contributed by atoms with Gasteiger partial charge in [-0.1, -0.05) is 83.9 Å². The predicted octanol–water partition coefficient (Wildman–Crippen LogP) is 5.31. The van der Waals surface area contributed by atoms with Gasteiger partial charge < -0.3 is 11.5 Å². The van der Waals surface area contributed by atoms with Gasteiger partial charge in [-0.25, -0.2) is 19.9 Å². The fourth-order valence-corrected chi connectivity index (χ4v) is 3.16. The topological polar surface area (TPSA) is 138 Å². The number of ketones is 1. The Morgan fingerprint density at radius 1 is 0.778 bits per heavy atom. The number of nitrogen functional groups attached to an aromatic ring is 2. The Hall–Kier alpha value is -4.40. The van der Waals surface area contributed by atoms with Crippen molar-refractivity contribution in [2.24, 2.45) is 0 Å². The lowest BCUT2D eigenvalue weighted by molar-refractivity contribution is -0.104. The molecule has 8 nitrogen and oxygen atoms in total. The van der Waals surface area contributed by atoms with E-state index in [4.69, 9.17) is 34.7 Å². The van der Waals surface area contributed by atoms with Crippen LogP contribution in [-0.2, 0) is 4.79 Å². The Morgan fingerprint density at radius 2 is 1.39 bits per heavy atom. The van der Waals surface area contributed by atoms with Gasteiger partial charge in [-0.15, -0.1) is 0 Å². The SMILES string of the molecule is Clc1nccc2nc(-c3ccccc3)cnc12.Nc1ccnc(Cl)c1N.O=CC(=O)c1ccccc1. The van der Waals surface area contributed by atoms with Crippen molar-refractivity contribution < 1.29 is 9.59 Å². The van der Waals surface area contributed by atoms with E-state index in [1.807, 2.05) is 30.3 Å². The average Bonchev–Trinajstić information content (AvgIpc) is 2.93. The minimum atomic E-state index is -0.472. The summed E-state index contributed by atoms with van der Waals surface area (Å²) >= 11 is 11.4. The molecule has 36 heavy (non-hydrogen) atoms. The van der Waals surface area contributed by atoms with Crippen LogP contribution in [0.5, 0.6) is 0 Å². The summed E-state index contributed by atoms with van der Waals surface area (Å²) in [5, 5.41) is 0.643. The van der Waals surface area contributed by atoms with Crippen LogP contribution < -0.4 is 11.5 Å². The molecule has 0 unspecified atom stereocenters. The van der Waals surface area contributed by atoms with Crippen molar-refractivity contribution in [2.75, 3.05) is 11.5 Å². The summed E-state index contributed by atoms with van der Waals surface area (Å²) in [4.78, 5) is 37.1. The van der Waals surface area contributed by atoms with Crippen molar-refractivity contribution in [1.82, 2.24) is 19.9 Å². The number of hydrogen-bond donors (Lipinski definition) is 2. The lowest BCUT2D eigenvalue weighted by Crippen LogP contribution is -1.97. The van der Waals surface area contributed by atoms with E-state index in [0.29, 0.717) is 33.9 Å². The van der Waals surface area contributed by atoms with Crippen molar-refractivity contribution >= 4 is 57.7 Å². The summed E-state index contributed by atoms with van der Waals surface area (Å²) in [5.41, 5.74) is 15.2. The van der Waals surface area contributed by atoms with Gasteiger partial charge in [-0.05, 0) is 12.1 Å². The molecule has 0 aliphatic rings. The summed E-state index contributed by atoms with van der Waals surface area (Å²) < 4.78 is 0. The van der Waals surface area contributed by atoms with Crippen molar-refractivity contribution in [1.29, 1.82) is 0 Å². The maximum atomic E-state index is 10.6. The van der Waals surface area contributed by atoms with E-state index in [9.17, 15) is 9.59 Å². The number of nitrogens with two attached hydrogens (primary N) is 2. The number of hydrogen-bond acceptors (Lipinski definition) is 8. The minimum absolute atomic E-state index is 0.259. The molecule has 0 fully saturated rings. The van der Waals surface area contributed by atoms with Gasteiger partial charge >= 0.3 is 0 Å². The first kappa shape index (κ1) is 26.2. The van der Waals surface area contributed by atoms with Gasteiger partial charge in [-0.3, -0.25) is 9.59 Å². The molecule has 3 heterocycles. The molecule has 10 heteroatoms. The van der Waals surface area contributed by atoms with Crippen LogP contribution in [0.3, 0.4) is 0 Å². The number of aldehydes is 1. The molecule has 0 atom stereocenters. The van der Waals surface area contributed by atoms with Gasteiger partial charge in [0.25, 0.3) is 0 Å². The van der Waals surface area contributed by atoms with Gasteiger partial charge in [0.05, 0.1) is 28.8 Å².